The van der Waals surface area contributed by atoms with Crippen LogP contribution in [-0.2, 0) is 9.84 Å². The standard InChI is InChI=1S/C13H19NO2S/c1-11(9-13(14)7-8-13)10-17(15,16)12-5-3-2-4-6-12/h2-6,11H,7-10,14H2,1H3. The maximum absolute atomic E-state index is 12.1. The van der Waals surface area contributed by atoms with Gasteiger partial charge in [-0.3, -0.25) is 0 Å². The van der Waals surface area contributed by atoms with Crippen LogP contribution in [0, 0.1) is 5.92 Å². The number of benzene rings is 1. The summed E-state index contributed by atoms with van der Waals surface area (Å²) in [4.78, 5) is 0.411. The predicted molar refractivity (Wildman–Crippen MR) is 68.4 cm³/mol. The van der Waals surface area contributed by atoms with Gasteiger partial charge >= 0.3 is 0 Å². The SMILES string of the molecule is CC(CC1(N)CC1)CS(=O)(=O)c1ccccc1. The van der Waals surface area contributed by atoms with Gasteiger partial charge in [-0.25, -0.2) is 8.42 Å². The summed E-state index contributed by atoms with van der Waals surface area (Å²) < 4.78 is 24.2. The molecule has 1 aromatic carbocycles. The Morgan fingerprint density at radius 2 is 1.88 bits per heavy atom. The minimum atomic E-state index is -3.16. The molecule has 1 aliphatic rings. The van der Waals surface area contributed by atoms with Crippen molar-refractivity contribution in [2.75, 3.05) is 5.75 Å². The van der Waals surface area contributed by atoms with Crippen molar-refractivity contribution in [2.45, 2.75) is 36.6 Å². The van der Waals surface area contributed by atoms with E-state index in [4.69, 9.17) is 5.73 Å². The van der Waals surface area contributed by atoms with Gasteiger partial charge in [-0.2, -0.15) is 0 Å². The Balaban J connectivity index is 2.02. The second-order valence-corrected chi connectivity index (χ2v) is 7.30. The minimum Gasteiger partial charge on any atom is -0.325 e. The van der Waals surface area contributed by atoms with Gasteiger partial charge in [0.05, 0.1) is 10.6 Å². The van der Waals surface area contributed by atoms with Gasteiger partial charge in [-0.15, -0.1) is 0 Å². The number of nitrogens with two attached hydrogens (primary N) is 1. The Kier molecular flexibility index (Phi) is 3.27. The van der Waals surface area contributed by atoms with Crippen LogP contribution in [0.15, 0.2) is 35.2 Å². The molecular formula is C13H19NO2S. The molecule has 0 spiro atoms. The van der Waals surface area contributed by atoms with Gasteiger partial charge < -0.3 is 5.73 Å². The van der Waals surface area contributed by atoms with Crippen molar-refractivity contribution in [3.05, 3.63) is 30.3 Å². The molecule has 0 amide bonds. The molecule has 2 N–H and O–H groups in total. The van der Waals surface area contributed by atoms with Gasteiger partial charge in [0.1, 0.15) is 0 Å². The summed E-state index contributed by atoms with van der Waals surface area (Å²) in [6.45, 7) is 1.97. The topological polar surface area (TPSA) is 60.2 Å². The van der Waals surface area contributed by atoms with Gasteiger partial charge in [0.15, 0.2) is 9.84 Å². The fraction of sp³-hybridized carbons (Fsp3) is 0.538. The van der Waals surface area contributed by atoms with Crippen LogP contribution in [-0.4, -0.2) is 19.7 Å². The highest BCUT2D eigenvalue weighted by atomic mass is 32.2. The smallest absolute Gasteiger partial charge is 0.178 e. The molecule has 1 fully saturated rings. The molecular weight excluding hydrogens is 234 g/mol. The minimum absolute atomic E-state index is 0.0778. The molecule has 1 saturated carbocycles. The first-order valence-electron chi connectivity index (χ1n) is 5.98. The first-order chi connectivity index (χ1) is 7.91. The van der Waals surface area contributed by atoms with Crippen molar-refractivity contribution in [2.24, 2.45) is 11.7 Å². The fourth-order valence-electron chi connectivity index (χ4n) is 2.22. The maximum atomic E-state index is 12.1. The Bertz CT molecular complexity index is 477. The van der Waals surface area contributed by atoms with Crippen LogP contribution in [0.5, 0.6) is 0 Å². The van der Waals surface area contributed by atoms with E-state index in [1.54, 1.807) is 24.3 Å². The quantitative estimate of drug-likeness (QED) is 0.873. The van der Waals surface area contributed by atoms with E-state index in [0.717, 1.165) is 19.3 Å². The van der Waals surface area contributed by atoms with Crippen molar-refractivity contribution in [3.8, 4) is 0 Å². The molecule has 1 unspecified atom stereocenters. The van der Waals surface area contributed by atoms with Crippen LogP contribution in [0.4, 0.5) is 0 Å². The third kappa shape index (κ3) is 3.30. The summed E-state index contributed by atoms with van der Waals surface area (Å²) in [6, 6.07) is 8.63. The largest absolute Gasteiger partial charge is 0.325 e. The van der Waals surface area contributed by atoms with Crippen molar-refractivity contribution in [1.82, 2.24) is 0 Å². The van der Waals surface area contributed by atoms with E-state index >= 15 is 0 Å². The Morgan fingerprint density at radius 3 is 2.41 bits per heavy atom. The van der Waals surface area contributed by atoms with Crippen molar-refractivity contribution in [3.63, 3.8) is 0 Å². The second-order valence-electron chi connectivity index (χ2n) is 5.27. The van der Waals surface area contributed by atoms with Gasteiger partial charge in [-0.1, -0.05) is 25.1 Å². The van der Waals surface area contributed by atoms with Crippen LogP contribution in [0.3, 0.4) is 0 Å². The second kappa shape index (κ2) is 4.42. The Morgan fingerprint density at radius 1 is 1.29 bits per heavy atom. The Labute approximate surface area is 103 Å². The third-order valence-electron chi connectivity index (χ3n) is 3.25. The highest BCUT2D eigenvalue weighted by molar-refractivity contribution is 7.91. The van der Waals surface area contributed by atoms with E-state index in [1.165, 1.54) is 0 Å². The molecule has 1 aliphatic carbocycles. The molecule has 0 heterocycles. The zero-order valence-corrected chi connectivity index (χ0v) is 10.9. The predicted octanol–water partition coefficient (Wildman–Crippen LogP) is 1.98. The molecule has 4 heteroatoms. The molecule has 2 rings (SSSR count). The first kappa shape index (κ1) is 12.6. The molecule has 3 nitrogen and oxygen atoms in total. The summed E-state index contributed by atoms with van der Waals surface area (Å²) in [6.07, 6.45) is 2.87. The normalized spacial score (nSPS) is 19.9. The average molecular weight is 253 g/mol. The maximum Gasteiger partial charge on any atom is 0.178 e. The third-order valence-corrected chi connectivity index (χ3v) is 5.25. The molecule has 0 radical (unpaired) electrons. The van der Waals surface area contributed by atoms with Crippen molar-refractivity contribution >= 4 is 9.84 Å². The summed E-state index contributed by atoms with van der Waals surface area (Å²) in [5, 5.41) is 0. The lowest BCUT2D eigenvalue weighted by Crippen LogP contribution is -2.27. The molecule has 0 aliphatic heterocycles. The molecule has 0 bridgehead atoms. The summed E-state index contributed by atoms with van der Waals surface area (Å²) in [7, 11) is -3.16. The van der Waals surface area contributed by atoms with E-state index in [1.807, 2.05) is 13.0 Å². The van der Waals surface area contributed by atoms with E-state index in [2.05, 4.69) is 0 Å². The summed E-state index contributed by atoms with van der Waals surface area (Å²) in [5.41, 5.74) is 5.93. The molecule has 1 aromatic rings. The van der Waals surface area contributed by atoms with E-state index < -0.39 is 9.84 Å². The number of hydrogen-bond donors (Lipinski definition) is 1. The number of hydrogen-bond acceptors (Lipinski definition) is 3. The molecule has 94 valence electrons. The van der Waals surface area contributed by atoms with Crippen LogP contribution < -0.4 is 5.73 Å². The monoisotopic (exact) mass is 253 g/mol. The zero-order chi connectivity index (χ0) is 12.5. The van der Waals surface area contributed by atoms with Crippen LogP contribution >= 0.6 is 0 Å². The average Bonchev–Trinajstić information content (AvgIpc) is 2.96. The van der Waals surface area contributed by atoms with Crippen LogP contribution in [0.1, 0.15) is 26.2 Å². The highest BCUT2D eigenvalue weighted by Crippen LogP contribution is 2.38. The highest BCUT2D eigenvalue weighted by Gasteiger charge is 2.39. The molecule has 0 aromatic heterocycles. The Hall–Kier alpha value is -0.870. The fourth-order valence-corrected chi connectivity index (χ4v) is 3.85. The zero-order valence-electron chi connectivity index (χ0n) is 10.1. The van der Waals surface area contributed by atoms with Crippen LogP contribution in [0.2, 0.25) is 0 Å². The van der Waals surface area contributed by atoms with Gasteiger partial charge in [0, 0.05) is 5.54 Å². The van der Waals surface area contributed by atoms with E-state index in [-0.39, 0.29) is 17.2 Å². The van der Waals surface area contributed by atoms with Crippen molar-refractivity contribution in [1.29, 1.82) is 0 Å². The molecule has 17 heavy (non-hydrogen) atoms. The molecule has 1 atom stereocenters. The van der Waals surface area contributed by atoms with E-state index in [0.29, 0.717) is 4.90 Å². The number of sulfone groups is 1. The number of rotatable bonds is 5. The van der Waals surface area contributed by atoms with Crippen molar-refractivity contribution < 1.29 is 8.42 Å². The lowest BCUT2D eigenvalue weighted by atomic mass is 10.0. The van der Waals surface area contributed by atoms with Gasteiger partial charge in [0.25, 0.3) is 0 Å². The van der Waals surface area contributed by atoms with Gasteiger partial charge in [0.2, 0.25) is 0 Å². The molecule has 0 saturated heterocycles. The van der Waals surface area contributed by atoms with Gasteiger partial charge in [-0.05, 0) is 37.3 Å². The van der Waals surface area contributed by atoms with Crippen LogP contribution in [0.25, 0.3) is 0 Å². The first-order valence-corrected chi connectivity index (χ1v) is 7.63. The lowest BCUT2D eigenvalue weighted by Gasteiger charge is -2.16. The summed E-state index contributed by atoms with van der Waals surface area (Å²) >= 11 is 0. The van der Waals surface area contributed by atoms with E-state index in [9.17, 15) is 8.42 Å². The lowest BCUT2D eigenvalue weighted by molar-refractivity contribution is 0.479. The summed E-state index contributed by atoms with van der Waals surface area (Å²) in [5.74, 6) is 0.309.